The number of nitrogens with zero attached hydrogens (tertiary/aromatic N) is 2. The summed E-state index contributed by atoms with van der Waals surface area (Å²) in [6.45, 7) is 4.76. The number of hydrogen-bond donors (Lipinski definition) is 2. The van der Waals surface area contributed by atoms with Crippen molar-refractivity contribution in [3.63, 3.8) is 0 Å². The molecular formula is C45H64F2N2O4. The highest BCUT2D eigenvalue weighted by Crippen LogP contribution is 2.46. The lowest BCUT2D eigenvalue weighted by molar-refractivity contribution is -0.142. The Bertz CT molecular complexity index is 1530. The van der Waals surface area contributed by atoms with Gasteiger partial charge in [-0.25, -0.2) is 8.78 Å². The molecule has 6 nitrogen and oxygen atoms in total. The Kier molecular flexibility index (Phi) is 15.0. The van der Waals surface area contributed by atoms with E-state index in [1.807, 2.05) is 26.2 Å². The molecule has 6 unspecified atom stereocenters. The van der Waals surface area contributed by atoms with Crippen LogP contribution in [0, 0.1) is 36.3 Å². The van der Waals surface area contributed by atoms with E-state index < -0.39 is 11.2 Å². The molecule has 2 N–H and O–H groups in total. The van der Waals surface area contributed by atoms with E-state index in [1.165, 1.54) is 61.9 Å². The maximum absolute atomic E-state index is 13.1. The summed E-state index contributed by atoms with van der Waals surface area (Å²) < 4.78 is 38.4. The lowest BCUT2D eigenvalue weighted by Gasteiger charge is -2.49. The number of hydrogen-bond acceptors (Lipinski definition) is 6. The molecule has 0 spiro atoms. The van der Waals surface area contributed by atoms with Crippen LogP contribution in [0.1, 0.15) is 92.9 Å². The zero-order valence-corrected chi connectivity index (χ0v) is 32.8. The highest BCUT2D eigenvalue weighted by molar-refractivity contribution is 5.29. The zero-order chi connectivity index (χ0) is 38.0. The molecule has 0 aromatic heterocycles. The summed E-state index contributed by atoms with van der Waals surface area (Å²) in [5, 5.41) is 23.2. The van der Waals surface area contributed by atoms with Gasteiger partial charge in [-0.1, -0.05) is 73.4 Å². The van der Waals surface area contributed by atoms with Gasteiger partial charge in [-0.15, -0.1) is 0 Å². The van der Waals surface area contributed by atoms with Gasteiger partial charge in [-0.05, 0) is 133 Å². The third-order valence-electron chi connectivity index (χ3n) is 12.0. The molecule has 3 aromatic carbocycles. The smallest absolute Gasteiger partial charge is 0.123 e. The van der Waals surface area contributed by atoms with Gasteiger partial charge < -0.3 is 29.5 Å². The molecule has 53 heavy (non-hydrogen) atoms. The largest absolute Gasteiger partial charge is 0.389 e. The fraction of sp³-hybridized carbons (Fsp3) is 0.600. The minimum absolute atomic E-state index is 0.0984. The van der Waals surface area contributed by atoms with Gasteiger partial charge in [0.05, 0.1) is 36.6 Å². The van der Waals surface area contributed by atoms with Gasteiger partial charge >= 0.3 is 0 Å². The van der Waals surface area contributed by atoms with Crippen LogP contribution in [0.2, 0.25) is 0 Å². The van der Waals surface area contributed by atoms with Crippen LogP contribution in [-0.2, 0) is 28.3 Å². The maximum atomic E-state index is 13.1. The Balaban J connectivity index is 0.000000204. The average Bonchev–Trinajstić information content (AvgIpc) is 3.14. The first-order valence-electron chi connectivity index (χ1n) is 19.9. The van der Waals surface area contributed by atoms with Crippen LogP contribution in [0.4, 0.5) is 8.78 Å². The topological polar surface area (TPSA) is 65.4 Å². The summed E-state index contributed by atoms with van der Waals surface area (Å²) in [5.74, 6) is 0.355. The van der Waals surface area contributed by atoms with E-state index in [-0.39, 0.29) is 35.7 Å². The first kappa shape index (κ1) is 41.4. The molecule has 0 bridgehead atoms. The van der Waals surface area contributed by atoms with Gasteiger partial charge in [0.15, 0.2) is 0 Å². The number of aliphatic hydroxyl groups is 2. The normalized spacial score (nSPS) is 28.1. The second-order valence-corrected chi connectivity index (χ2v) is 16.7. The number of halogens is 2. The molecule has 3 aliphatic carbocycles. The summed E-state index contributed by atoms with van der Waals surface area (Å²) in [5.41, 5.74) is 2.78. The Morgan fingerprint density at radius 3 is 1.70 bits per heavy atom. The number of rotatable bonds is 12. The molecule has 6 atom stereocenters. The molecule has 0 amide bonds. The van der Waals surface area contributed by atoms with E-state index in [2.05, 4.69) is 43.0 Å². The van der Waals surface area contributed by atoms with Crippen molar-refractivity contribution in [3.8, 4) is 0 Å². The minimum atomic E-state index is -0.827. The van der Waals surface area contributed by atoms with Crippen LogP contribution in [0.5, 0.6) is 0 Å². The molecule has 3 fully saturated rings. The van der Waals surface area contributed by atoms with Gasteiger partial charge in [0.1, 0.15) is 11.6 Å². The lowest BCUT2D eigenvalue weighted by Crippen LogP contribution is -2.53. The Morgan fingerprint density at radius 2 is 1.17 bits per heavy atom. The summed E-state index contributed by atoms with van der Waals surface area (Å²) >= 11 is 0. The van der Waals surface area contributed by atoms with Crippen LogP contribution < -0.4 is 0 Å². The fourth-order valence-electron chi connectivity index (χ4n) is 9.12. The van der Waals surface area contributed by atoms with E-state index in [1.54, 1.807) is 24.3 Å². The van der Waals surface area contributed by atoms with Crippen molar-refractivity contribution in [3.05, 3.63) is 107 Å². The highest BCUT2D eigenvalue weighted by atomic mass is 19.1. The standard InChI is InChI=1S/C23H30FNO2.C22H34FNO2/c1-17-5-4-6-19(13-17)23(26)12-11-22(14-20(23)15-25(2)3)27-16-18-7-9-21(24)10-8-18;1-24(2)15-19-14-21(26-16-17-8-10-20(23)11-9-17)12-13-22(19,25)18-6-4-3-5-7-18/h4-10,13,20,22,26H,11-12,14-16H2,1-3H3;8-11,18-19,21,25H,3-7,12-16H2,1-2H3. The van der Waals surface area contributed by atoms with E-state index in [0.29, 0.717) is 25.6 Å². The zero-order valence-electron chi connectivity index (χ0n) is 32.8. The van der Waals surface area contributed by atoms with Crippen molar-refractivity contribution < 1.29 is 28.5 Å². The molecule has 6 rings (SSSR count). The second-order valence-electron chi connectivity index (χ2n) is 16.7. The van der Waals surface area contributed by atoms with E-state index in [9.17, 15) is 19.0 Å². The van der Waals surface area contributed by atoms with Crippen molar-refractivity contribution in [1.82, 2.24) is 9.80 Å². The van der Waals surface area contributed by atoms with Crippen molar-refractivity contribution >= 4 is 0 Å². The molecule has 3 aromatic rings. The van der Waals surface area contributed by atoms with Crippen LogP contribution in [0.25, 0.3) is 0 Å². The molecule has 0 heterocycles. The van der Waals surface area contributed by atoms with Gasteiger partial charge in [0.25, 0.3) is 0 Å². The van der Waals surface area contributed by atoms with Crippen LogP contribution >= 0.6 is 0 Å². The predicted molar refractivity (Wildman–Crippen MR) is 208 cm³/mol. The van der Waals surface area contributed by atoms with Gasteiger partial charge in [-0.2, -0.15) is 0 Å². The SMILES string of the molecule is CN(C)CC1CC(OCc2ccc(F)cc2)CCC1(O)C1CCCCC1.Cc1cccc(C2(O)CCC(OCc3ccc(F)cc3)CC2CN(C)C)c1. The minimum Gasteiger partial charge on any atom is -0.389 e. The van der Waals surface area contributed by atoms with E-state index >= 15 is 0 Å². The lowest BCUT2D eigenvalue weighted by atomic mass is 9.63. The summed E-state index contributed by atoms with van der Waals surface area (Å²) in [4.78, 5) is 4.33. The van der Waals surface area contributed by atoms with Crippen molar-refractivity contribution in [1.29, 1.82) is 0 Å². The number of ether oxygens (including phenoxy) is 2. The molecule has 0 radical (unpaired) electrons. The molecular weight excluding hydrogens is 671 g/mol. The maximum Gasteiger partial charge on any atom is 0.123 e. The van der Waals surface area contributed by atoms with Crippen molar-refractivity contribution in [2.45, 2.75) is 114 Å². The molecule has 0 aliphatic heterocycles. The summed E-state index contributed by atoms with van der Waals surface area (Å²) in [7, 11) is 8.26. The predicted octanol–water partition coefficient (Wildman–Crippen LogP) is 8.65. The van der Waals surface area contributed by atoms with Crippen molar-refractivity contribution in [2.75, 3.05) is 41.3 Å². The monoisotopic (exact) mass is 734 g/mol. The summed E-state index contributed by atoms with van der Waals surface area (Å²) in [6, 6.07) is 21.2. The van der Waals surface area contributed by atoms with Gasteiger partial charge in [0.2, 0.25) is 0 Å². The van der Waals surface area contributed by atoms with Crippen LogP contribution in [0.15, 0.2) is 72.8 Å². The molecule has 0 saturated heterocycles. The molecule has 8 heteroatoms. The third kappa shape index (κ3) is 11.6. The molecule has 3 aliphatic rings. The number of benzene rings is 3. The first-order valence-corrected chi connectivity index (χ1v) is 19.9. The quantitative estimate of drug-likeness (QED) is 0.194. The third-order valence-corrected chi connectivity index (χ3v) is 12.0. The average molecular weight is 735 g/mol. The Morgan fingerprint density at radius 1 is 0.660 bits per heavy atom. The van der Waals surface area contributed by atoms with Gasteiger partial charge in [0, 0.05) is 24.9 Å². The second kappa shape index (κ2) is 19.2. The first-order chi connectivity index (χ1) is 25.3. The van der Waals surface area contributed by atoms with E-state index in [0.717, 1.165) is 61.9 Å². The Hall–Kier alpha value is -2.72. The van der Waals surface area contributed by atoms with Crippen molar-refractivity contribution in [2.24, 2.45) is 17.8 Å². The van der Waals surface area contributed by atoms with Crippen LogP contribution in [-0.4, -0.2) is 79.1 Å². The molecule has 3 saturated carbocycles. The molecule has 292 valence electrons. The highest BCUT2D eigenvalue weighted by Gasteiger charge is 2.48. The number of aryl methyl sites for hydroxylation is 1. The van der Waals surface area contributed by atoms with E-state index in [4.69, 9.17) is 9.47 Å². The van der Waals surface area contributed by atoms with Crippen LogP contribution in [0.3, 0.4) is 0 Å². The Labute approximate surface area is 317 Å². The van der Waals surface area contributed by atoms with Gasteiger partial charge in [-0.3, -0.25) is 0 Å². The fourth-order valence-corrected chi connectivity index (χ4v) is 9.12. The summed E-state index contributed by atoms with van der Waals surface area (Å²) in [6.07, 6.45) is 11.4.